The van der Waals surface area contributed by atoms with Gasteiger partial charge in [-0.1, -0.05) is 6.92 Å². The molecule has 0 radical (unpaired) electrons. The third-order valence-electron chi connectivity index (χ3n) is 3.70. The summed E-state index contributed by atoms with van der Waals surface area (Å²) in [7, 11) is 1.43. The summed E-state index contributed by atoms with van der Waals surface area (Å²) in [6.07, 6.45) is 2.17. The second kappa shape index (κ2) is 6.95. The second-order valence-corrected chi connectivity index (χ2v) is 6.34. The van der Waals surface area contributed by atoms with Gasteiger partial charge in [-0.25, -0.2) is 4.79 Å². The van der Waals surface area contributed by atoms with Crippen molar-refractivity contribution in [3.8, 4) is 0 Å². The largest absolute Gasteiger partial charge is 0.469 e. The molecule has 0 aliphatic carbocycles. The van der Waals surface area contributed by atoms with Crippen molar-refractivity contribution < 1.29 is 19.1 Å². The highest BCUT2D eigenvalue weighted by atomic mass is 16.6. The third-order valence-corrected chi connectivity index (χ3v) is 3.70. The molecule has 0 aromatic carbocycles. The Morgan fingerprint density at radius 1 is 1.25 bits per heavy atom. The zero-order valence-electron chi connectivity index (χ0n) is 13.3. The lowest BCUT2D eigenvalue weighted by atomic mass is 9.83. The lowest BCUT2D eigenvalue weighted by Crippen LogP contribution is -2.43. The molecule has 20 heavy (non-hydrogen) atoms. The maximum atomic E-state index is 12.0. The van der Waals surface area contributed by atoms with Gasteiger partial charge in [0.2, 0.25) is 0 Å². The summed E-state index contributed by atoms with van der Waals surface area (Å²) in [5.74, 6) is 0.107. The standard InChI is InChI=1S/C15H27NO4/c1-6-12(13(17)19-5)11-7-9-16(10-8-11)14(18)20-15(2,3)4/h11-12H,6-10H2,1-5H3. The molecule has 1 fully saturated rings. The van der Waals surface area contributed by atoms with Gasteiger partial charge in [-0.05, 0) is 46.0 Å². The summed E-state index contributed by atoms with van der Waals surface area (Å²) < 4.78 is 10.2. The van der Waals surface area contributed by atoms with E-state index in [0.717, 1.165) is 19.3 Å². The quantitative estimate of drug-likeness (QED) is 0.748. The van der Waals surface area contributed by atoms with E-state index >= 15 is 0 Å². The Morgan fingerprint density at radius 2 is 1.80 bits per heavy atom. The van der Waals surface area contributed by atoms with E-state index in [-0.39, 0.29) is 18.0 Å². The smallest absolute Gasteiger partial charge is 0.410 e. The van der Waals surface area contributed by atoms with Crippen molar-refractivity contribution >= 4 is 12.1 Å². The highest BCUT2D eigenvalue weighted by molar-refractivity contribution is 5.72. The number of rotatable bonds is 3. The first-order chi connectivity index (χ1) is 9.28. The number of likely N-dealkylation sites (tertiary alicyclic amines) is 1. The van der Waals surface area contributed by atoms with Crippen molar-refractivity contribution in [1.29, 1.82) is 0 Å². The molecule has 0 aromatic rings. The van der Waals surface area contributed by atoms with E-state index in [1.165, 1.54) is 7.11 Å². The van der Waals surface area contributed by atoms with Crippen molar-refractivity contribution in [2.75, 3.05) is 20.2 Å². The number of esters is 1. The van der Waals surface area contributed by atoms with Crippen LogP contribution in [0.3, 0.4) is 0 Å². The fourth-order valence-corrected chi connectivity index (χ4v) is 2.65. The van der Waals surface area contributed by atoms with Crippen LogP contribution >= 0.6 is 0 Å². The van der Waals surface area contributed by atoms with Gasteiger partial charge in [-0.3, -0.25) is 4.79 Å². The van der Waals surface area contributed by atoms with Gasteiger partial charge in [0.15, 0.2) is 0 Å². The summed E-state index contributed by atoms with van der Waals surface area (Å²) in [6, 6.07) is 0. The molecule has 1 amide bonds. The van der Waals surface area contributed by atoms with E-state index in [0.29, 0.717) is 19.0 Å². The Bertz CT molecular complexity index is 340. The first-order valence-electron chi connectivity index (χ1n) is 7.34. The molecule has 0 bridgehead atoms. The van der Waals surface area contributed by atoms with Crippen molar-refractivity contribution in [1.82, 2.24) is 4.90 Å². The molecule has 5 nitrogen and oxygen atoms in total. The van der Waals surface area contributed by atoms with Crippen LogP contribution in [-0.4, -0.2) is 42.8 Å². The summed E-state index contributed by atoms with van der Waals surface area (Å²) in [5.41, 5.74) is -0.466. The molecule has 1 atom stereocenters. The fourth-order valence-electron chi connectivity index (χ4n) is 2.65. The summed E-state index contributed by atoms with van der Waals surface area (Å²) in [6.45, 7) is 8.88. The number of hydrogen-bond donors (Lipinski definition) is 0. The van der Waals surface area contributed by atoms with Crippen LogP contribution < -0.4 is 0 Å². The summed E-state index contributed by atoms with van der Waals surface area (Å²) in [5, 5.41) is 0. The predicted molar refractivity (Wildman–Crippen MR) is 76.3 cm³/mol. The number of nitrogens with zero attached hydrogens (tertiary/aromatic N) is 1. The van der Waals surface area contributed by atoms with Crippen LogP contribution in [0.2, 0.25) is 0 Å². The van der Waals surface area contributed by atoms with Gasteiger partial charge in [-0.15, -0.1) is 0 Å². The van der Waals surface area contributed by atoms with Gasteiger partial charge in [0, 0.05) is 13.1 Å². The summed E-state index contributed by atoms with van der Waals surface area (Å²) in [4.78, 5) is 25.4. The molecule has 1 saturated heterocycles. The molecule has 1 aliphatic rings. The first kappa shape index (κ1) is 16.8. The van der Waals surface area contributed by atoms with Crippen LogP contribution in [0.15, 0.2) is 0 Å². The minimum Gasteiger partial charge on any atom is -0.469 e. The van der Waals surface area contributed by atoms with E-state index < -0.39 is 5.60 Å². The number of hydrogen-bond acceptors (Lipinski definition) is 4. The van der Waals surface area contributed by atoms with Gasteiger partial charge in [-0.2, -0.15) is 0 Å². The molecule has 0 saturated carbocycles. The van der Waals surface area contributed by atoms with E-state index in [1.807, 2.05) is 27.7 Å². The van der Waals surface area contributed by atoms with Gasteiger partial charge in [0.25, 0.3) is 0 Å². The van der Waals surface area contributed by atoms with Gasteiger partial charge in [0.1, 0.15) is 5.60 Å². The molecule has 0 aromatic heterocycles. The highest BCUT2D eigenvalue weighted by Gasteiger charge is 2.33. The van der Waals surface area contributed by atoms with Gasteiger partial charge < -0.3 is 14.4 Å². The number of carbonyl (C=O) groups excluding carboxylic acids is 2. The average Bonchev–Trinajstić information content (AvgIpc) is 2.38. The number of methoxy groups -OCH3 is 1. The molecule has 1 unspecified atom stereocenters. The SMILES string of the molecule is CCC(C(=O)OC)C1CCN(C(=O)OC(C)(C)C)CC1. The summed E-state index contributed by atoms with van der Waals surface area (Å²) >= 11 is 0. The first-order valence-corrected chi connectivity index (χ1v) is 7.34. The zero-order valence-corrected chi connectivity index (χ0v) is 13.3. The van der Waals surface area contributed by atoms with E-state index in [4.69, 9.17) is 9.47 Å². The number of piperidine rings is 1. The maximum Gasteiger partial charge on any atom is 0.410 e. The van der Waals surface area contributed by atoms with Crippen LogP contribution in [0.5, 0.6) is 0 Å². The van der Waals surface area contributed by atoms with Gasteiger partial charge >= 0.3 is 12.1 Å². The molecule has 1 aliphatic heterocycles. The van der Waals surface area contributed by atoms with Crippen molar-refractivity contribution in [2.45, 2.75) is 52.6 Å². The Kier molecular flexibility index (Phi) is 5.84. The third kappa shape index (κ3) is 4.69. The normalized spacial score (nSPS) is 18.6. The van der Waals surface area contributed by atoms with Gasteiger partial charge in [0.05, 0.1) is 13.0 Å². The van der Waals surface area contributed by atoms with Crippen LogP contribution in [-0.2, 0) is 14.3 Å². The maximum absolute atomic E-state index is 12.0. The highest BCUT2D eigenvalue weighted by Crippen LogP contribution is 2.28. The fraction of sp³-hybridized carbons (Fsp3) is 0.867. The zero-order chi connectivity index (χ0) is 15.3. The number of ether oxygens (including phenoxy) is 2. The van der Waals surface area contributed by atoms with E-state index in [9.17, 15) is 9.59 Å². The lowest BCUT2D eigenvalue weighted by Gasteiger charge is -2.35. The topological polar surface area (TPSA) is 55.8 Å². The molecular weight excluding hydrogens is 258 g/mol. The van der Waals surface area contributed by atoms with Crippen LogP contribution in [0.25, 0.3) is 0 Å². The van der Waals surface area contributed by atoms with Crippen molar-refractivity contribution in [3.63, 3.8) is 0 Å². The second-order valence-electron chi connectivity index (χ2n) is 6.34. The minimum atomic E-state index is -0.466. The molecular formula is C15H27NO4. The molecule has 1 heterocycles. The van der Waals surface area contributed by atoms with E-state index in [2.05, 4.69) is 0 Å². The Labute approximate surface area is 121 Å². The molecule has 116 valence electrons. The monoisotopic (exact) mass is 285 g/mol. The van der Waals surface area contributed by atoms with Crippen molar-refractivity contribution in [3.05, 3.63) is 0 Å². The van der Waals surface area contributed by atoms with Crippen LogP contribution in [0, 0.1) is 11.8 Å². The number of carbonyl (C=O) groups is 2. The Hall–Kier alpha value is -1.26. The predicted octanol–water partition coefficient (Wildman–Crippen LogP) is 2.83. The lowest BCUT2D eigenvalue weighted by molar-refractivity contribution is -0.148. The molecule has 0 N–H and O–H groups in total. The van der Waals surface area contributed by atoms with E-state index in [1.54, 1.807) is 4.90 Å². The van der Waals surface area contributed by atoms with Crippen molar-refractivity contribution in [2.24, 2.45) is 11.8 Å². The average molecular weight is 285 g/mol. The molecule has 0 spiro atoms. The molecule has 5 heteroatoms. The number of amides is 1. The van der Waals surface area contributed by atoms with Crippen LogP contribution in [0.1, 0.15) is 47.0 Å². The molecule has 1 rings (SSSR count). The van der Waals surface area contributed by atoms with Crippen LogP contribution in [0.4, 0.5) is 4.79 Å². The minimum absolute atomic E-state index is 0.0548. The Morgan fingerprint density at radius 3 is 2.20 bits per heavy atom. The Balaban J connectivity index is 2.51.